The number of piperidine rings is 1. The molecule has 2 aliphatic heterocycles. The number of likely N-dealkylation sites (tertiary alicyclic amines) is 1. The van der Waals surface area contributed by atoms with Crippen LogP contribution in [0.4, 0.5) is 0 Å². The van der Waals surface area contributed by atoms with Crippen molar-refractivity contribution in [3.63, 3.8) is 0 Å². The van der Waals surface area contributed by atoms with Crippen molar-refractivity contribution in [1.82, 2.24) is 15.1 Å². The monoisotopic (exact) mass is 482 g/mol. The Morgan fingerprint density at radius 1 is 1.23 bits per heavy atom. The molecule has 26 heavy (non-hydrogen) atoms. The first kappa shape index (κ1) is 23.9. The lowest BCUT2D eigenvalue weighted by Crippen LogP contribution is -2.55. The van der Waals surface area contributed by atoms with E-state index in [1.54, 1.807) is 0 Å². The quantitative estimate of drug-likeness (QED) is 0.379. The van der Waals surface area contributed by atoms with E-state index < -0.39 is 0 Å². The van der Waals surface area contributed by atoms with Crippen molar-refractivity contribution in [1.29, 1.82) is 0 Å². The lowest BCUT2D eigenvalue weighted by molar-refractivity contribution is -0.0773. The third-order valence-corrected chi connectivity index (χ3v) is 4.96. The summed E-state index contributed by atoms with van der Waals surface area (Å²) in [6, 6.07) is 0. The van der Waals surface area contributed by atoms with Gasteiger partial charge >= 0.3 is 0 Å². The van der Waals surface area contributed by atoms with Crippen LogP contribution >= 0.6 is 24.0 Å². The molecule has 0 aromatic rings. The van der Waals surface area contributed by atoms with E-state index in [0.29, 0.717) is 6.10 Å². The Morgan fingerprint density at radius 2 is 1.88 bits per heavy atom. The van der Waals surface area contributed by atoms with E-state index in [9.17, 15) is 0 Å². The Kier molecular flexibility index (Phi) is 9.60. The highest BCUT2D eigenvalue weighted by atomic mass is 127. The van der Waals surface area contributed by atoms with Crippen LogP contribution < -0.4 is 5.32 Å². The van der Waals surface area contributed by atoms with Crippen LogP contribution in [0.2, 0.25) is 0 Å². The molecule has 0 aromatic heterocycles. The minimum Gasteiger partial charge on any atom is -0.378 e. The second-order valence-electron chi connectivity index (χ2n) is 8.74. The summed E-state index contributed by atoms with van der Waals surface area (Å²) in [5.74, 6) is 1.01. The molecule has 0 bridgehead atoms. The van der Waals surface area contributed by atoms with Gasteiger partial charge in [-0.15, -0.1) is 24.0 Å². The van der Waals surface area contributed by atoms with Gasteiger partial charge in [0.1, 0.15) is 0 Å². The summed E-state index contributed by atoms with van der Waals surface area (Å²) in [5.41, 5.74) is 0.0593. The van der Waals surface area contributed by atoms with E-state index in [2.05, 4.69) is 54.7 Å². The molecule has 0 spiro atoms. The van der Waals surface area contributed by atoms with E-state index in [4.69, 9.17) is 9.47 Å². The largest absolute Gasteiger partial charge is 0.378 e. The zero-order valence-corrected chi connectivity index (χ0v) is 19.8. The SMILES string of the molecule is CN=C(NCCN1CCOCC1(C)C)N1CCC(OC(C)(C)C)CC1.I. The molecular formula is C19H39IN4O2. The molecule has 2 aliphatic rings. The first-order chi connectivity index (χ1) is 11.7. The van der Waals surface area contributed by atoms with E-state index in [1.807, 2.05) is 7.05 Å². The number of morpholine rings is 1. The maximum absolute atomic E-state index is 6.12. The number of aliphatic imine (C=N–C) groups is 1. The Hall–Kier alpha value is -0.120. The molecule has 0 radical (unpaired) electrons. The standard InChI is InChI=1S/C19H38N4O2.HI/c1-18(2,3)25-16-7-10-22(11-8-16)17(20-6)21-9-12-23-13-14-24-15-19(23,4)5;/h16H,7-15H2,1-6H3,(H,20,21);1H. The van der Waals surface area contributed by atoms with Crippen molar-refractivity contribution in [2.75, 3.05) is 53.0 Å². The normalized spacial score (nSPS) is 22.8. The second kappa shape index (κ2) is 10.4. The van der Waals surface area contributed by atoms with Gasteiger partial charge in [-0.1, -0.05) is 0 Å². The van der Waals surface area contributed by atoms with Gasteiger partial charge in [-0.05, 0) is 47.5 Å². The van der Waals surface area contributed by atoms with E-state index in [1.165, 1.54) is 0 Å². The van der Waals surface area contributed by atoms with Crippen LogP contribution in [0.15, 0.2) is 4.99 Å². The minimum atomic E-state index is -0.0578. The molecule has 0 aliphatic carbocycles. The number of hydrogen-bond acceptors (Lipinski definition) is 4. The van der Waals surface area contributed by atoms with Crippen molar-refractivity contribution in [3.05, 3.63) is 0 Å². The molecule has 1 N–H and O–H groups in total. The van der Waals surface area contributed by atoms with Gasteiger partial charge in [0.15, 0.2) is 5.96 Å². The summed E-state index contributed by atoms with van der Waals surface area (Å²) in [7, 11) is 1.87. The minimum absolute atomic E-state index is 0. The van der Waals surface area contributed by atoms with Crippen LogP contribution in [-0.4, -0.2) is 86.0 Å². The maximum Gasteiger partial charge on any atom is 0.193 e. The first-order valence-corrected chi connectivity index (χ1v) is 9.67. The summed E-state index contributed by atoms with van der Waals surface area (Å²) < 4.78 is 11.7. The number of nitrogens with one attached hydrogen (secondary N) is 1. The number of rotatable bonds is 4. The van der Waals surface area contributed by atoms with Gasteiger partial charge in [-0.25, -0.2) is 0 Å². The fourth-order valence-corrected chi connectivity index (χ4v) is 3.63. The molecule has 2 heterocycles. The lowest BCUT2D eigenvalue weighted by Gasteiger charge is -2.42. The summed E-state index contributed by atoms with van der Waals surface area (Å²) in [6.45, 7) is 17.5. The van der Waals surface area contributed by atoms with Gasteiger partial charge in [0.25, 0.3) is 0 Å². The second-order valence-corrected chi connectivity index (χ2v) is 8.74. The van der Waals surface area contributed by atoms with E-state index >= 15 is 0 Å². The molecule has 0 aromatic carbocycles. The summed E-state index contributed by atoms with van der Waals surface area (Å²) >= 11 is 0. The Morgan fingerprint density at radius 3 is 2.42 bits per heavy atom. The maximum atomic E-state index is 6.12. The molecule has 2 fully saturated rings. The molecule has 0 atom stereocenters. The Bertz CT molecular complexity index is 443. The molecule has 0 saturated carbocycles. The first-order valence-electron chi connectivity index (χ1n) is 9.67. The van der Waals surface area contributed by atoms with Gasteiger partial charge in [0.05, 0.1) is 24.9 Å². The van der Waals surface area contributed by atoms with Gasteiger partial charge in [0, 0.05) is 45.3 Å². The van der Waals surface area contributed by atoms with Crippen molar-refractivity contribution >= 4 is 29.9 Å². The van der Waals surface area contributed by atoms with Crippen molar-refractivity contribution in [3.8, 4) is 0 Å². The predicted molar refractivity (Wildman–Crippen MR) is 119 cm³/mol. The number of halogens is 1. The Labute approximate surface area is 177 Å². The van der Waals surface area contributed by atoms with Crippen LogP contribution in [0.1, 0.15) is 47.5 Å². The van der Waals surface area contributed by atoms with E-state index in [0.717, 1.165) is 64.7 Å². The summed E-state index contributed by atoms with van der Waals surface area (Å²) in [4.78, 5) is 9.33. The third-order valence-electron chi connectivity index (χ3n) is 4.96. The highest BCUT2D eigenvalue weighted by Crippen LogP contribution is 2.20. The fourth-order valence-electron chi connectivity index (χ4n) is 3.63. The van der Waals surface area contributed by atoms with Gasteiger partial charge < -0.3 is 19.7 Å². The zero-order chi connectivity index (χ0) is 18.5. The average Bonchev–Trinajstić information content (AvgIpc) is 2.52. The number of nitrogens with zero attached hydrogens (tertiary/aromatic N) is 3. The Balaban J connectivity index is 0.00000338. The fraction of sp³-hybridized carbons (Fsp3) is 0.947. The number of hydrogen-bond donors (Lipinski definition) is 1. The molecule has 154 valence electrons. The van der Waals surface area contributed by atoms with Crippen LogP contribution in [0.5, 0.6) is 0 Å². The van der Waals surface area contributed by atoms with Gasteiger partial charge in [-0.2, -0.15) is 0 Å². The van der Waals surface area contributed by atoms with E-state index in [-0.39, 0.29) is 35.1 Å². The van der Waals surface area contributed by atoms with Crippen LogP contribution in [0.25, 0.3) is 0 Å². The predicted octanol–water partition coefficient (Wildman–Crippen LogP) is 2.57. The average molecular weight is 482 g/mol. The van der Waals surface area contributed by atoms with Crippen LogP contribution in [0.3, 0.4) is 0 Å². The molecule has 2 saturated heterocycles. The smallest absolute Gasteiger partial charge is 0.193 e. The summed E-state index contributed by atoms with van der Waals surface area (Å²) in [5, 5.41) is 3.54. The van der Waals surface area contributed by atoms with Gasteiger partial charge in [-0.3, -0.25) is 9.89 Å². The molecule has 0 unspecified atom stereocenters. The molecule has 6 nitrogen and oxygen atoms in total. The number of ether oxygens (including phenoxy) is 2. The summed E-state index contributed by atoms with van der Waals surface area (Å²) in [6.07, 6.45) is 2.49. The third kappa shape index (κ3) is 7.48. The van der Waals surface area contributed by atoms with Crippen molar-refractivity contribution < 1.29 is 9.47 Å². The molecule has 0 amide bonds. The topological polar surface area (TPSA) is 49.3 Å². The number of guanidine groups is 1. The van der Waals surface area contributed by atoms with Crippen LogP contribution in [-0.2, 0) is 9.47 Å². The molecular weight excluding hydrogens is 443 g/mol. The highest BCUT2D eigenvalue weighted by Gasteiger charge is 2.30. The molecule has 7 heteroatoms. The van der Waals surface area contributed by atoms with Crippen molar-refractivity contribution in [2.24, 2.45) is 4.99 Å². The van der Waals surface area contributed by atoms with Crippen LogP contribution in [0, 0.1) is 0 Å². The van der Waals surface area contributed by atoms with Crippen molar-refractivity contribution in [2.45, 2.75) is 64.7 Å². The lowest BCUT2D eigenvalue weighted by atomic mass is 10.0. The molecule has 2 rings (SSSR count). The van der Waals surface area contributed by atoms with Gasteiger partial charge in [0.2, 0.25) is 0 Å². The zero-order valence-electron chi connectivity index (χ0n) is 17.5. The highest BCUT2D eigenvalue weighted by molar-refractivity contribution is 14.0.